The number of carbonyl (C=O) groups is 1. The Labute approximate surface area is 149 Å². The molecule has 2 atom stereocenters. The molecule has 2 unspecified atom stereocenters. The number of nitrogens with zero attached hydrogens (tertiary/aromatic N) is 1. The lowest BCUT2D eigenvalue weighted by Crippen LogP contribution is -2.41. The van der Waals surface area contributed by atoms with Crippen LogP contribution in [0.2, 0.25) is 0 Å². The van der Waals surface area contributed by atoms with Gasteiger partial charge in [0.15, 0.2) is 11.5 Å². The molecule has 2 fully saturated rings. The summed E-state index contributed by atoms with van der Waals surface area (Å²) < 4.78 is 11.3. The SMILES string of the molecule is NC1CCC(C(=O)N(Cc2ccc3c(c2)OCCO3)C2CCCC2)C1. The first-order valence-corrected chi connectivity index (χ1v) is 9.65. The van der Waals surface area contributed by atoms with Crippen LogP contribution in [0.5, 0.6) is 11.5 Å². The Morgan fingerprint density at radius 2 is 1.84 bits per heavy atom. The summed E-state index contributed by atoms with van der Waals surface area (Å²) in [4.78, 5) is 15.3. The molecule has 1 aromatic rings. The van der Waals surface area contributed by atoms with Crippen LogP contribution in [0.4, 0.5) is 0 Å². The molecule has 1 heterocycles. The molecule has 0 saturated heterocycles. The van der Waals surface area contributed by atoms with Gasteiger partial charge in [-0.05, 0) is 49.8 Å². The van der Waals surface area contributed by atoms with Gasteiger partial charge in [-0.3, -0.25) is 4.79 Å². The molecule has 1 amide bonds. The summed E-state index contributed by atoms with van der Waals surface area (Å²) in [6.07, 6.45) is 7.43. The third-order valence-electron chi connectivity index (χ3n) is 5.83. The molecule has 5 heteroatoms. The van der Waals surface area contributed by atoms with Crippen molar-refractivity contribution in [2.24, 2.45) is 11.7 Å². The predicted molar refractivity (Wildman–Crippen MR) is 95.6 cm³/mol. The molecular weight excluding hydrogens is 316 g/mol. The summed E-state index contributed by atoms with van der Waals surface area (Å²) in [6, 6.07) is 6.62. The molecule has 1 aromatic carbocycles. The van der Waals surface area contributed by atoms with Crippen molar-refractivity contribution in [1.29, 1.82) is 0 Å². The van der Waals surface area contributed by atoms with Gasteiger partial charge in [-0.15, -0.1) is 0 Å². The summed E-state index contributed by atoms with van der Waals surface area (Å²) in [5.74, 6) is 2.00. The number of fused-ring (bicyclic) bond motifs is 1. The van der Waals surface area contributed by atoms with Gasteiger partial charge in [0.25, 0.3) is 0 Å². The highest BCUT2D eigenvalue weighted by atomic mass is 16.6. The number of nitrogens with two attached hydrogens (primary N) is 1. The standard InChI is InChI=1S/C20H28N2O3/c21-16-7-6-15(12-16)20(23)22(17-3-1-2-4-17)13-14-5-8-18-19(11-14)25-10-9-24-18/h5,8,11,15-17H,1-4,6-7,9-10,12-13,21H2. The summed E-state index contributed by atoms with van der Waals surface area (Å²) in [7, 11) is 0. The van der Waals surface area contributed by atoms with Crippen molar-refractivity contribution >= 4 is 5.91 Å². The Morgan fingerprint density at radius 3 is 2.56 bits per heavy atom. The minimum atomic E-state index is 0.104. The van der Waals surface area contributed by atoms with Crippen LogP contribution in [-0.2, 0) is 11.3 Å². The molecule has 1 aliphatic heterocycles. The van der Waals surface area contributed by atoms with Gasteiger partial charge < -0.3 is 20.1 Å². The van der Waals surface area contributed by atoms with Gasteiger partial charge >= 0.3 is 0 Å². The van der Waals surface area contributed by atoms with Gasteiger partial charge in [0.1, 0.15) is 13.2 Å². The number of benzene rings is 1. The summed E-state index contributed by atoms with van der Waals surface area (Å²) in [5.41, 5.74) is 7.16. The number of carbonyl (C=O) groups excluding carboxylic acids is 1. The lowest BCUT2D eigenvalue weighted by Gasteiger charge is -2.32. The number of hydrogen-bond acceptors (Lipinski definition) is 4. The second kappa shape index (κ2) is 7.24. The molecule has 0 spiro atoms. The molecule has 0 radical (unpaired) electrons. The highest BCUT2D eigenvalue weighted by molar-refractivity contribution is 5.79. The Hall–Kier alpha value is -1.75. The fraction of sp³-hybridized carbons (Fsp3) is 0.650. The smallest absolute Gasteiger partial charge is 0.226 e. The second-order valence-corrected chi connectivity index (χ2v) is 7.65. The van der Waals surface area contributed by atoms with Crippen molar-refractivity contribution < 1.29 is 14.3 Å². The zero-order chi connectivity index (χ0) is 17.2. The van der Waals surface area contributed by atoms with Crippen molar-refractivity contribution in [3.63, 3.8) is 0 Å². The highest BCUT2D eigenvalue weighted by Crippen LogP contribution is 2.34. The average Bonchev–Trinajstić information content (AvgIpc) is 3.31. The van der Waals surface area contributed by atoms with E-state index in [0.717, 1.165) is 49.2 Å². The van der Waals surface area contributed by atoms with Crippen LogP contribution in [0.15, 0.2) is 18.2 Å². The summed E-state index contributed by atoms with van der Waals surface area (Å²) in [6.45, 7) is 1.84. The van der Waals surface area contributed by atoms with E-state index in [4.69, 9.17) is 15.2 Å². The molecule has 25 heavy (non-hydrogen) atoms. The van der Waals surface area contributed by atoms with Gasteiger partial charge in [-0.2, -0.15) is 0 Å². The largest absolute Gasteiger partial charge is 0.486 e. The van der Waals surface area contributed by atoms with Gasteiger partial charge in [-0.1, -0.05) is 18.9 Å². The zero-order valence-corrected chi connectivity index (χ0v) is 14.8. The van der Waals surface area contributed by atoms with E-state index in [0.29, 0.717) is 31.7 Å². The average molecular weight is 344 g/mol. The van der Waals surface area contributed by atoms with Crippen molar-refractivity contribution in [2.75, 3.05) is 13.2 Å². The maximum atomic E-state index is 13.2. The summed E-state index contributed by atoms with van der Waals surface area (Å²) in [5, 5.41) is 0. The predicted octanol–water partition coefficient (Wildman–Crippen LogP) is 2.86. The topological polar surface area (TPSA) is 64.8 Å². The maximum absolute atomic E-state index is 13.2. The maximum Gasteiger partial charge on any atom is 0.226 e. The molecule has 0 bridgehead atoms. The quantitative estimate of drug-likeness (QED) is 0.912. The van der Waals surface area contributed by atoms with Crippen LogP contribution in [0.3, 0.4) is 0 Å². The van der Waals surface area contributed by atoms with Crippen LogP contribution >= 0.6 is 0 Å². The van der Waals surface area contributed by atoms with E-state index in [9.17, 15) is 4.79 Å². The minimum Gasteiger partial charge on any atom is -0.486 e. The molecule has 5 nitrogen and oxygen atoms in total. The fourth-order valence-corrected chi connectivity index (χ4v) is 4.46. The van der Waals surface area contributed by atoms with Gasteiger partial charge in [0.05, 0.1) is 0 Å². The molecule has 2 aliphatic carbocycles. The first-order valence-electron chi connectivity index (χ1n) is 9.65. The van der Waals surface area contributed by atoms with Crippen LogP contribution in [0.25, 0.3) is 0 Å². The molecule has 0 aromatic heterocycles. The van der Waals surface area contributed by atoms with Crippen LogP contribution in [-0.4, -0.2) is 36.1 Å². The van der Waals surface area contributed by atoms with Crippen molar-refractivity contribution in [2.45, 2.75) is 63.6 Å². The van der Waals surface area contributed by atoms with E-state index in [1.165, 1.54) is 12.8 Å². The molecular formula is C20H28N2O3. The highest BCUT2D eigenvalue weighted by Gasteiger charge is 2.35. The molecule has 2 saturated carbocycles. The number of hydrogen-bond donors (Lipinski definition) is 1. The zero-order valence-electron chi connectivity index (χ0n) is 14.8. The normalized spacial score (nSPS) is 26.0. The van der Waals surface area contributed by atoms with E-state index in [1.54, 1.807) is 0 Å². The Kier molecular flexibility index (Phi) is 4.84. The van der Waals surface area contributed by atoms with Gasteiger partial charge in [0, 0.05) is 24.5 Å². The lowest BCUT2D eigenvalue weighted by molar-refractivity contribution is -0.138. The van der Waals surface area contributed by atoms with E-state index in [-0.39, 0.29) is 12.0 Å². The van der Waals surface area contributed by atoms with Gasteiger partial charge in [0.2, 0.25) is 5.91 Å². The molecule has 136 valence electrons. The number of ether oxygens (including phenoxy) is 2. The Morgan fingerprint density at radius 1 is 1.08 bits per heavy atom. The van der Waals surface area contributed by atoms with E-state index in [1.807, 2.05) is 12.1 Å². The minimum absolute atomic E-state index is 0.104. The molecule has 3 aliphatic rings. The van der Waals surface area contributed by atoms with Crippen molar-refractivity contribution in [1.82, 2.24) is 4.90 Å². The van der Waals surface area contributed by atoms with E-state index < -0.39 is 0 Å². The van der Waals surface area contributed by atoms with Crippen LogP contribution in [0, 0.1) is 5.92 Å². The van der Waals surface area contributed by atoms with Gasteiger partial charge in [-0.25, -0.2) is 0 Å². The summed E-state index contributed by atoms with van der Waals surface area (Å²) >= 11 is 0. The monoisotopic (exact) mass is 344 g/mol. The lowest BCUT2D eigenvalue weighted by atomic mass is 10.0. The second-order valence-electron chi connectivity index (χ2n) is 7.65. The third kappa shape index (κ3) is 3.61. The molecule has 4 rings (SSSR count). The van der Waals surface area contributed by atoms with E-state index in [2.05, 4.69) is 11.0 Å². The van der Waals surface area contributed by atoms with Crippen molar-refractivity contribution in [3.05, 3.63) is 23.8 Å². The number of rotatable bonds is 4. The fourth-order valence-electron chi connectivity index (χ4n) is 4.46. The Bertz CT molecular complexity index is 627. The Balaban J connectivity index is 1.52. The molecule has 2 N–H and O–H groups in total. The number of amides is 1. The van der Waals surface area contributed by atoms with E-state index >= 15 is 0 Å². The first kappa shape index (κ1) is 16.7. The van der Waals surface area contributed by atoms with Crippen LogP contribution < -0.4 is 15.2 Å². The first-order chi connectivity index (χ1) is 12.2. The van der Waals surface area contributed by atoms with Crippen molar-refractivity contribution in [3.8, 4) is 11.5 Å². The third-order valence-corrected chi connectivity index (χ3v) is 5.83. The van der Waals surface area contributed by atoms with Crippen LogP contribution in [0.1, 0.15) is 50.5 Å².